The average Bonchev–Trinajstić information content (AvgIpc) is 2.49. The normalized spacial score (nSPS) is 10.8. The summed E-state index contributed by atoms with van der Waals surface area (Å²) < 4.78 is 0. The van der Waals surface area contributed by atoms with E-state index in [2.05, 4.69) is 39.6 Å². The third kappa shape index (κ3) is 4.86. The lowest BCUT2D eigenvalue weighted by molar-refractivity contribution is 0.405. The topological polar surface area (TPSA) is 53.1 Å². The molecule has 0 aliphatic heterocycles. The Kier molecular flexibility index (Phi) is 5.98. The first-order valence-electron chi connectivity index (χ1n) is 7.30. The Morgan fingerprint density at radius 1 is 1.23 bits per heavy atom. The van der Waals surface area contributed by atoms with Gasteiger partial charge in [0.1, 0.15) is 5.82 Å². The highest BCUT2D eigenvalue weighted by Gasteiger charge is 2.04. The van der Waals surface area contributed by atoms with E-state index in [1.807, 2.05) is 31.2 Å². The largest absolute Gasteiger partial charge is 0.370 e. The van der Waals surface area contributed by atoms with Crippen molar-refractivity contribution in [2.24, 2.45) is 0 Å². The third-order valence-electron chi connectivity index (χ3n) is 3.26. The van der Waals surface area contributed by atoms with Gasteiger partial charge in [0.15, 0.2) is 0 Å². The molecule has 118 valence electrons. The molecule has 2 N–H and O–H groups in total. The number of nitrogens with one attached hydrogen (secondary N) is 2. The molecule has 0 unspecified atom stereocenters. The standard InChI is InChI=1S/C16H22ClN5/c1-12-13(17)6-4-7-14(12)20-16-19-10-8-15(21-16)18-9-5-11-22(2)3/h4,6-8,10H,5,9,11H2,1-3H3,(H2,18,19,20,21). The Balaban J connectivity index is 1.98. The molecule has 0 saturated heterocycles. The zero-order valence-electron chi connectivity index (χ0n) is 13.2. The minimum Gasteiger partial charge on any atom is -0.370 e. The molecule has 0 aliphatic rings. The first-order chi connectivity index (χ1) is 10.6. The first kappa shape index (κ1) is 16.5. The lowest BCUT2D eigenvalue weighted by atomic mass is 10.2. The Bertz CT molecular complexity index is 615. The number of hydrogen-bond acceptors (Lipinski definition) is 5. The molecule has 0 spiro atoms. The van der Waals surface area contributed by atoms with Crippen LogP contribution in [-0.2, 0) is 0 Å². The summed E-state index contributed by atoms with van der Waals surface area (Å²) in [5, 5.41) is 7.24. The summed E-state index contributed by atoms with van der Waals surface area (Å²) in [5.41, 5.74) is 1.90. The summed E-state index contributed by atoms with van der Waals surface area (Å²) in [6.07, 6.45) is 2.80. The number of benzene rings is 1. The summed E-state index contributed by atoms with van der Waals surface area (Å²) in [4.78, 5) is 10.9. The molecule has 5 nitrogen and oxygen atoms in total. The van der Waals surface area contributed by atoms with Crippen LogP contribution in [0.25, 0.3) is 0 Å². The van der Waals surface area contributed by atoms with Gasteiger partial charge in [0.05, 0.1) is 0 Å². The molecule has 6 heteroatoms. The molecule has 22 heavy (non-hydrogen) atoms. The number of anilines is 3. The minimum absolute atomic E-state index is 0.558. The van der Waals surface area contributed by atoms with Crippen LogP contribution in [0.1, 0.15) is 12.0 Å². The Morgan fingerprint density at radius 2 is 2.05 bits per heavy atom. The fraction of sp³-hybridized carbons (Fsp3) is 0.375. The summed E-state index contributed by atoms with van der Waals surface area (Å²) >= 11 is 6.12. The van der Waals surface area contributed by atoms with Crippen LogP contribution >= 0.6 is 11.6 Å². The van der Waals surface area contributed by atoms with Crippen LogP contribution in [0.4, 0.5) is 17.5 Å². The van der Waals surface area contributed by atoms with Crippen molar-refractivity contribution >= 4 is 29.1 Å². The zero-order chi connectivity index (χ0) is 15.9. The van der Waals surface area contributed by atoms with Crippen LogP contribution in [0.2, 0.25) is 5.02 Å². The van der Waals surface area contributed by atoms with Crippen LogP contribution in [0.3, 0.4) is 0 Å². The highest BCUT2D eigenvalue weighted by atomic mass is 35.5. The minimum atomic E-state index is 0.558. The van der Waals surface area contributed by atoms with E-state index in [1.165, 1.54) is 0 Å². The average molecular weight is 320 g/mol. The molecule has 0 atom stereocenters. The number of aromatic nitrogens is 2. The van der Waals surface area contributed by atoms with Crippen molar-refractivity contribution in [2.45, 2.75) is 13.3 Å². The molecule has 2 aromatic rings. The van der Waals surface area contributed by atoms with Crippen molar-refractivity contribution in [1.29, 1.82) is 0 Å². The fourth-order valence-electron chi connectivity index (χ4n) is 1.99. The monoisotopic (exact) mass is 319 g/mol. The van der Waals surface area contributed by atoms with E-state index < -0.39 is 0 Å². The number of nitrogens with zero attached hydrogens (tertiary/aromatic N) is 3. The lowest BCUT2D eigenvalue weighted by Crippen LogP contribution is -2.16. The van der Waals surface area contributed by atoms with Crippen molar-refractivity contribution in [3.8, 4) is 0 Å². The highest BCUT2D eigenvalue weighted by Crippen LogP contribution is 2.25. The third-order valence-corrected chi connectivity index (χ3v) is 3.67. The smallest absolute Gasteiger partial charge is 0.229 e. The van der Waals surface area contributed by atoms with Crippen molar-refractivity contribution in [1.82, 2.24) is 14.9 Å². The molecule has 0 amide bonds. The van der Waals surface area contributed by atoms with Crippen LogP contribution in [0.15, 0.2) is 30.5 Å². The molecule has 2 rings (SSSR count). The summed E-state index contributed by atoms with van der Waals surface area (Å²) in [6.45, 7) is 3.89. The van der Waals surface area contributed by atoms with Gasteiger partial charge < -0.3 is 15.5 Å². The van der Waals surface area contributed by atoms with E-state index in [-0.39, 0.29) is 0 Å². The molecular weight excluding hydrogens is 298 g/mol. The van der Waals surface area contributed by atoms with Gasteiger partial charge in [-0.15, -0.1) is 0 Å². The summed E-state index contributed by atoms with van der Waals surface area (Å²) in [7, 11) is 4.14. The van der Waals surface area contributed by atoms with Crippen LogP contribution in [0, 0.1) is 6.92 Å². The Morgan fingerprint density at radius 3 is 2.82 bits per heavy atom. The van der Waals surface area contributed by atoms with Crippen LogP contribution < -0.4 is 10.6 Å². The van der Waals surface area contributed by atoms with Gasteiger partial charge in [-0.2, -0.15) is 4.98 Å². The maximum Gasteiger partial charge on any atom is 0.229 e. The van der Waals surface area contributed by atoms with Crippen LogP contribution in [-0.4, -0.2) is 42.1 Å². The lowest BCUT2D eigenvalue weighted by Gasteiger charge is -2.12. The molecule has 0 fully saturated rings. The second kappa shape index (κ2) is 7.96. The van der Waals surface area contributed by atoms with Crippen molar-refractivity contribution < 1.29 is 0 Å². The van der Waals surface area contributed by atoms with E-state index in [1.54, 1.807) is 6.20 Å². The van der Waals surface area contributed by atoms with Gasteiger partial charge in [0, 0.05) is 23.5 Å². The fourth-order valence-corrected chi connectivity index (χ4v) is 2.17. The molecule has 1 heterocycles. The van der Waals surface area contributed by atoms with Gasteiger partial charge in [0.2, 0.25) is 5.95 Å². The van der Waals surface area contributed by atoms with E-state index in [0.717, 1.165) is 41.6 Å². The molecule has 0 radical (unpaired) electrons. The SMILES string of the molecule is Cc1c(Cl)cccc1Nc1nccc(NCCCN(C)C)n1. The predicted molar refractivity (Wildman–Crippen MR) is 93.2 cm³/mol. The molecular formula is C16H22ClN5. The van der Waals surface area contributed by atoms with Gasteiger partial charge in [0.25, 0.3) is 0 Å². The van der Waals surface area contributed by atoms with Gasteiger partial charge in [-0.05, 0) is 57.7 Å². The second-order valence-corrected chi connectivity index (χ2v) is 5.79. The predicted octanol–water partition coefficient (Wildman–Crippen LogP) is 3.55. The van der Waals surface area contributed by atoms with Crippen LogP contribution in [0.5, 0.6) is 0 Å². The van der Waals surface area contributed by atoms with Crippen molar-refractivity contribution in [3.05, 3.63) is 41.0 Å². The number of rotatable bonds is 7. The maximum atomic E-state index is 6.12. The first-order valence-corrected chi connectivity index (χ1v) is 7.68. The Labute approximate surface area is 136 Å². The van der Waals surface area contributed by atoms with E-state index >= 15 is 0 Å². The molecule has 0 bridgehead atoms. The van der Waals surface area contributed by atoms with Gasteiger partial charge in [-0.1, -0.05) is 17.7 Å². The van der Waals surface area contributed by atoms with Gasteiger partial charge >= 0.3 is 0 Å². The number of halogens is 1. The maximum absolute atomic E-state index is 6.12. The highest BCUT2D eigenvalue weighted by molar-refractivity contribution is 6.31. The zero-order valence-corrected chi connectivity index (χ0v) is 14.0. The van der Waals surface area contributed by atoms with E-state index in [0.29, 0.717) is 5.95 Å². The number of hydrogen-bond donors (Lipinski definition) is 2. The Hall–Kier alpha value is -1.85. The molecule has 1 aromatic carbocycles. The van der Waals surface area contributed by atoms with Crippen molar-refractivity contribution in [2.75, 3.05) is 37.8 Å². The van der Waals surface area contributed by atoms with E-state index in [4.69, 9.17) is 11.6 Å². The van der Waals surface area contributed by atoms with E-state index in [9.17, 15) is 0 Å². The van der Waals surface area contributed by atoms with Crippen molar-refractivity contribution in [3.63, 3.8) is 0 Å². The molecule has 0 aliphatic carbocycles. The summed E-state index contributed by atoms with van der Waals surface area (Å²) in [5.74, 6) is 1.37. The van der Waals surface area contributed by atoms with Gasteiger partial charge in [-0.3, -0.25) is 0 Å². The second-order valence-electron chi connectivity index (χ2n) is 5.39. The quantitative estimate of drug-likeness (QED) is 0.764. The van der Waals surface area contributed by atoms with Gasteiger partial charge in [-0.25, -0.2) is 4.98 Å². The molecule has 0 saturated carbocycles. The molecule has 1 aromatic heterocycles. The summed E-state index contributed by atoms with van der Waals surface area (Å²) in [6, 6.07) is 7.60.